The third kappa shape index (κ3) is 5.85. The summed E-state index contributed by atoms with van der Waals surface area (Å²) in [6, 6.07) is 15.8. The number of rotatable bonds is 9. The second-order valence-corrected chi connectivity index (χ2v) is 8.79. The zero-order chi connectivity index (χ0) is 21.6. The minimum absolute atomic E-state index is 0.204. The van der Waals surface area contributed by atoms with E-state index in [2.05, 4.69) is 15.0 Å². The van der Waals surface area contributed by atoms with Gasteiger partial charge in [0.1, 0.15) is 6.10 Å². The third-order valence-corrected chi connectivity index (χ3v) is 6.13. The van der Waals surface area contributed by atoms with Crippen molar-refractivity contribution in [3.8, 4) is 0 Å². The molecule has 0 saturated carbocycles. The average molecular weight is 428 g/mol. The topological polar surface area (TPSA) is 97.4 Å². The Bertz CT molecular complexity index is 1100. The van der Waals surface area contributed by atoms with Crippen molar-refractivity contribution >= 4 is 26.8 Å². The van der Waals surface area contributed by atoms with Crippen LogP contribution < -0.4 is 10.0 Å². The molecule has 1 heterocycles. The quantitative estimate of drug-likeness (QED) is 0.510. The van der Waals surface area contributed by atoms with Crippen molar-refractivity contribution in [2.45, 2.75) is 30.9 Å². The maximum absolute atomic E-state index is 12.7. The van der Waals surface area contributed by atoms with Crippen LogP contribution in [0.4, 0.5) is 0 Å². The van der Waals surface area contributed by atoms with Gasteiger partial charge in [-0.05, 0) is 36.1 Å². The molecule has 30 heavy (non-hydrogen) atoms. The first-order valence-corrected chi connectivity index (χ1v) is 11.1. The zero-order valence-electron chi connectivity index (χ0n) is 16.9. The fourth-order valence-corrected chi connectivity index (χ4v) is 4.41. The van der Waals surface area contributed by atoms with E-state index in [9.17, 15) is 13.2 Å². The summed E-state index contributed by atoms with van der Waals surface area (Å²) in [5.41, 5.74) is 0.874. The summed E-state index contributed by atoms with van der Waals surface area (Å²) in [4.78, 5) is 15.7. The van der Waals surface area contributed by atoms with Crippen LogP contribution >= 0.6 is 0 Å². The Labute approximate surface area is 176 Å². The second-order valence-electron chi connectivity index (χ2n) is 7.07. The van der Waals surface area contributed by atoms with E-state index >= 15 is 0 Å². The van der Waals surface area contributed by atoms with E-state index in [4.69, 9.17) is 4.74 Å². The molecule has 0 bridgehead atoms. The number of pyridine rings is 1. The molecular formula is C22H25N3O4S. The fraction of sp³-hybridized carbons (Fsp3) is 0.273. The summed E-state index contributed by atoms with van der Waals surface area (Å²) in [6.45, 7) is 3.89. The van der Waals surface area contributed by atoms with Gasteiger partial charge in [-0.25, -0.2) is 13.1 Å². The fourth-order valence-electron chi connectivity index (χ4n) is 3.13. The predicted octanol–water partition coefficient (Wildman–Crippen LogP) is 2.80. The lowest BCUT2D eigenvalue weighted by molar-refractivity contribution is -0.146. The number of nitrogens with one attached hydrogen (secondary N) is 2. The molecule has 3 rings (SSSR count). The lowest BCUT2D eigenvalue weighted by Gasteiger charge is -2.20. The van der Waals surface area contributed by atoms with Crippen LogP contribution in [-0.4, -0.2) is 38.5 Å². The van der Waals surface area contributed by atoms with Crippen LogP contribution in [-0.2, 0) is 19.6 Å². The number of benzene rings is 2. The summed E-state index contributed by atoms with van der Waals surface area (Å²) in [5.74, 6) is -0.370. The molecular weight excluding hydrogens is 402 g/mol. The molecule has 0 aliphatic carbocycles. The highest BCUT2D eigenvalue weighted by molar-refractivity contribution is 7.89. The monoisotopic (exact) mass is 427 g/mol. The van der Waals surface area contributed by atoms with Gasteiger partial charge in [-0.3, -0.25) is 9.78 Å². The van der Waals surface area contributed by atoms with Crippen LogP contribution in [0.2, 0.25) is 0 Å². The van der Waals surface area contributed by atoms with Gasteiger partial charge in [0, 0.05) is 43.8 Å². The Balaban J connectivity index is 1.59. The van der Waals surface area contributed by atoms with Crippen molar-refractivity contribution in [1.82, 2.24) is 15.0 Å². The van der Waals surface area contributed by atoms with E-state index in [0.717, 1.165) is 16.3 Å². The average Bonchev–Trinajstić information content (AvgIpc) is 2.72. The summed E-state index contributed by atoms with van der Waals surface area (Å²) in [6.07, 6.45) is 2.88. The molecule has 158 valence electrons. The zero-order valence-corrected chi connectivity index (χ0v) is 17.7. The number of ether oxygens (including phenoxy) is 1. The number of nitrogens with zero attached hydrogens (tertiary/aromatic N) is 1. The molecule has 0 fully saturated rings. The molecule has 0 spiro atoms. The number of hydrogen-bond donors (Lipinski definition) is 2. The molecule has 2 aromatic carbocycles. The minimum Gasteiger partial charge on any atom is -0.456 e. The summed E-state index contributed by atoms with van der Waals surface area (Å²) in [7, 11) is -3.67. The van der Waals surface area contributed by atoms with Gasteiger partial charge < -0.3 is 10.1 Å². The SMILES string of the molecule is CC(=O)OC(CNC[C@@H](C)NS(=O)(=O)c1ccc2cnccc2c1)c1ccccc1. The van der Waals surface area contributed by atoms with Crippen LogP contribution in [0.5, 0.6) is 0 Å². The van der Waals surface area contributed by atoms with Gasteiger partial charge >= 0.3 is 5.97 Å². The van der Waals surface area contributed by atoms with Gasteiger partial charge in [0.15, 0.2) is 0 Å². The van der Waals surface area contributed by atoms with E-state index in [1.54, 1.807) is 43.6 Å². The van der Waals surface area contributed by atoms with Gasteiger partial charge in [-0.1, -0.05) is 36.4 Å². The Morgan fingerprint density at radius 1 is 1.07 bits per heavy atom. The minimum atomic E-state index is -3.67. The molecule has 0 aliphatic heterocycles. The molecule has 0 saturated heterocycles. The molecule has 1 unspecified atom stereocenters. The standard InChI is InChI=1S/C22H25N3O4S/c1-16(13-24-15-22(29-17(2)26)18-6-4-3-5-7-18)25-30(27,28)21-9-8-20-14-23-11-10-19(20)12-21/h3-12,14,16,22,24-25H,13,15H2,1-2H3/t16-,22?/m1/s1. The Hall–Kier alpha value is -2.81. The van der Waals surface area contributed by atoms with E-state index in [0.29, 0.717) is 13.1 Å². The van der Waals surface area contributed by atoms with Gasteiger partial charge in [0.05, 0.1) is 4.90 Å². The van der Waals surface area contributed by atoms with Crippen molar-refractivity contribution in [3.05, 3.63) is 72.6 Å². The Morgan fingerprint density at radius 3 is 2.57 bits per heavy atom. The summed E-state index contributed by atoms with van der Waals surface area (Å²) < 4.78 is 33.5. The second kappa shape index (κ2) is 9.80. The first-order valence-electron chi connectivity index (χ1n) is 9.64. The molecule has 2 atom stereocenters. The van der Waals surface area contributed by atoms with Gasteiger partial charge in [-0.15, -0.1) is 0 Å². The van der Waals surface area contributed by atoms with Crippen LogP contribution in [0.3, 0.4) is 0 Å². The molecule has 0 aliphatic rings. The van der Waals surface area contributed by atoms with Gasteiger partial charge in [-0.2, -0.15) is 0 Å². The molecule has 1 aromatic heterocycles. The molecule has 0 radical (unpaired) electrons. The molecule has 7 nitrogen and oxygen atoms in total. The van der Waals surface area contributed by atoms with E-state index in [1.165, 1.54) is 6.92 Å². The van der Waals surface area contributed by atoms with E-state index in [-0.39, 0.29) is 16.9 Å². The smallest absolute Gasteiger partial charge is 0.303 e. The number of fused-ring (bicyclic) bond motifs is 1. The molecule has 0 amide bonds. The van der Waals surface area contributed by atoms with E-state index in [1.807, 2.05) is 30.3 Å². The Morgan fingerprint density at radius 2 is 1.83 bits per heavy atom. The normalized spacial score (nSPS) is 13.7. The maximum atomic E-state index is 12.7. The first kappa shape index (κ1) is 21.9. The molecule has 2 N–H and O–H groups in total. The molecule has 8 heteroatoms. The van der Waals surface area contributed by atoms with Crippen molar-refractivity contribution in [1.29, 1.82) is 0 Å². The lowest BCUT2D eigenvalue weighted by atomic mass is 10.1. The maximum Gasteiger partial charge on any atom is 0.303 e. The number of hydrogen-bond acceptors (Lipinski definition) is 6. The first-order chi connectivity index (χ1) is 14.3. The van der Waals surface area contributed by atoms with E-state index < -0.39 is 16.1 Å². The largest absolute Gasteiger partial charge is 0.456 e. The molecule has 3 aromatic rings. The van der Waals surface area contributed by atoms with Gasteiger partial charge in [0.25, 0.3) is 0 Å². The van der Waals surface area contributed by atoms with Gasteiger partial charge in [0.2, 0.25) is 10.0 Å². The number of esters is 1. The summed E-state index contributed by atoms with van der Waals surface area (Å²) in [5, 5.41) is 4.87. The number of sulfonamides is 1. The number of carbonyl (C=O) groups is 1. The Kier molecular flexibility index (Phi) is 7.15. The highest BCUT2D eigenvalue weighted by Gasteiger charge is 2.19. The van der Waals surface area contributed by atoms with Crippen molar-refractivity contribution in [3.63, 3.8) is 0 Å². The van der Waals surface area contributed by atoms with Crippen LogP contribution in [0.15, 0.2) is 71.9 Å². The van der Waals surface area contributed by atoms with Crippen LogP contribution in [0.1, 0.15) is 25.5 Å². The van der Waals surface area contributed by atoms with Crippen molar-refractivity contribution in [2.24, 2.45) is 0 Å². The lowest BCUT2D eigenvalue weighted by Crippen LogP contribution is -2.41. The van der Waals surface area contributed by atoms with Crippen molar-refractivity contribution in [2.75, 3.05) is 13.1 Å². The third-order valence-electron chi connectivity index (χ3n) is 4.54. The highest BCUT2D eigenvalue weighted by Crippen LogP contribution is 2.19. The number of aromatic nitrogens is 1. The number of carbonyl (C=O) groups excluding carboxylic acids is 1. The predicted molar refractivity (Wildman–Crippen MR) is 115 cm³/mol. The highest BCUT2D eigenvalue weighted by atomic mass is 32.2. The van der Waals surface area contributed by atoms with Crippen LogP contribution in [0, 0.1) is 0 Å². The van der Waals surface area contributed by atoms with Crippen molar-refractivity contribution < 1.29 is 17.9 Å². The van der Waals surface area contributed by atoms with Crippen LogP contribution in [0.25, 0.3) is 10.8 Å². The summed E-state index contributed by atoms with van der Waals surface area (Å²) >= 11 is 0.